The molecule has 0 saturated carbocycles. The van der Waals surface area contributed by atoms with Gasteiger partial charge in [0.15, 0.2) is 11.5 Å². The number of hydrogen-bond donors (Lipinski definition) is 1. The number of aliphatic hydroxyl groups is 1. The lowest BCUT2D eigenvalue weighted by Crippen LogP contribution is -2.36. The molecule has 154 valence electrons. The molecule has 0 aliphatic carbocycles. The van der Waals surface area contributed by atoms with Gasteiger partial charge in [-0.3, -0.25) is 4.90 Å². The number of para-hydroxylation sites is 1. The van der Waals surface area contributed by atoms with Gasteiger partial charge in [-0.05, 0) is 36.2 Å². The fourth-order valence-electron chi connectivity index (χ4n) is 2.96. The lowest BCUT2D eigenvalue weighted by Gasteiger charge is -2.25. The predicted molar refractivity (Wildman–Crippen MR) is 109 cm³/mol. The van der Waals surface area contributed by atoms with Gasteiger partial charge in [-0.2, -0.15) is 0 Å². The summed E-state index contributed by atoms with van der Waals surface area (Å²) in [6.07, 6.45) is 0.290. The molecule has 0 radical (unpaired) electrons. The molecule has 2 aromatic carbocycles. The normalized spacial score (nSPS) is 12.0. The van der Waals surface area contributed by atoms with Crippen LogP contribution in [-0.2, 0) is 11.3 Å². The minimum Gasteiger partial charge on any atom is -0.493 e. The summed E-state index contributed by atoms with van der Waals surface area (Å²) in [7, 11) is 4.95. The molecule has 1 atom stereocenters. The molecule has 0 fully saturated rings. The van der Waals surface area contributed by atoms with Gasteiger partial charge in [-0.25, -0.2) is 0 Å². The third-order valence-corrected chi connectivity index (χ3v) is 4.33. The third kappa shape index (κ3) is 7.38. The van der Waals surface area contributed by atoms with Gasteiger partial charge in [-0.1, -0.05) is 24.3 Å². The van der Waals surface area contributed by atoms with Crippen LogP contribution >= 0.6 is 0 Å². The molecule has 0 aliphatic rings. The maximum Gasteiger partial charge on any atom is 0.161 e. The predicted octanol–water partition coefficient (Wildman–Crippen LogP) is 2.98. The van der Waals surface area contributed by atoms with Crippen LogP contribution in [0.1, 0.15) is 12.0 Å². The van der Waals surface area contributed by atoms with Crippen molar-refractivity contribution in [3.05, 3.63) is 54.1 Å². The van der Waals surface area contributed by atoms with Crippen molar-refractivity contribution in [1.82, 2.24) is 4.90 Å². The molecule has 0 unspecified atom stereocenters. The second-order valence-electron chi connectivity index (χ2n) is 6.55. The number of ether oxygens (including phenoxy) is 4. The van der Waals surface area contributed by atoms with Crippen molar-refractivity contribution >= 4 is 0 Å². The van der Waals surface area contributed by atoms with Crippen molar-refractivity contribution in [2.45, 2.75) is 19.1 Å². The first-order valence-electron chi connectivity index (χ1n) is 9.44. The Labute approximate surface area is 167 Å². The molecular weight excluding hydrogens is 358 g/mol. The highest BCUT2D eigenvalue weighted by Gasteiger charge is 2.14. The summed E-state index contributed by atoms with van der Waals surface area (Å²) in [5.41, 5.74) is 1.09. The average molecular weight is 389 g/mol. The molecule has 0 spiro atoms. The first-order valence-corrected chi connectivity index (χ1v) is 9.44. The van der Waals surface area contributed by atoms with Crippen LogP contribution in [0, 0.1) is 0 Å². The quantitative estimate of drug-likeness (QED) is 0.532. The summed E-state index contributed by atoms with van der Waals surface area (Å²) < 4.78 is 21.5. The Morgan fingerprint density at radius 2 is 1.71 bits per heavy atom. The van der Waals surface area contributed by atoms with Crippen molar-refractivity contribution in [2.24, 2.45) is 0 Å². The van der Waals surface area contributed by atoms with E-state index in [0.29, 0.717) is 31.2 Å². The van der Waals surface area contributed by atoms with E-state index in [-0.39, 0.29) is 6.61 Å². The smallest absolute Gasteiger partial charge is 0.161 e. The summed E-state index contributed by atoms with van der Waals surface area (Å²) in [4.78, 5) is 2.19. The van der Waals surface area contributed by atoms with Crippen LogP contribution in [0.3, 0.4) is 0 Å². The van der Waals surface area contributed by atoms with E-state index in [9.17, 15) is 5.11 Å². The van der Waals surface area contributed by atoms with Crippen molar-refractivity contribution < 1.29 is 24.1 Å². The van der Waals surface area contributed by atoms with Crippen molar-refractivity contribution in [3.63, 3.8) is 0 Å². The monoisotopic (exact) mass is 389 g/mol. The molecule has 0 aliphatic heterocycles. The van der Waals surface area contributed by atoms with Crippen LogP contribution in [0.25, 0.3) is 0 Å². The summed E-state index contributed by atoms with van der Waals surface area (Å²) in [6, 6.07) is 15.4. The van der Waals surface area contributed by atoms with E-state index in [1.54, 1.807) is 21.3 Å². The van der Waals surface area contributed by atoms with E-state index in [1.165, 1.54) is 0 Å². The van der Waals surface area contributed by atoms with Gasteiger partial charge in [0.1, 0.15) is 18.5 Å². The minimum atomic E-state index is -0.595. The summed E-state index contributed by atoms with van der Waals surface area (Å²) in [5, 5.41) is 10.5. The average Bonchev–Trinajstić information content (AvgIpc) is 2.73. The van der Waals surface area contributed by atoms with E-state index < -0.39 is 6.10 Å². The molecule has 0 aromatic heterocycles. The molecule has 6 heteroatoms. The van der Waals surface area contributed by atoms with E-state index >= 15 is 0 Å². The molecular formula is C22H31NO5. The molecule has 2 rings (SSSR count). The molecule has 2 aromatic rings. The number of rotatable bonds is 13. The van der Waals surface area contributed by atoms with Gasteiger partial charge in [0.05, 0.1) is 14.2 Å². The lowest BCUT2D eigenvalue weighted by atomic mass is 10.1. The Balaban J connectivity index is 1.96. The van der Waals surface area contributed by atoms with Crippen LogP contribution in [0.5, 0.6) is 17.2 Å². The summed E-state index contributed by atoms with van der Waals surface area (Å²) in [5.74, 6) is 2.16. The zero-order valence-electron chi connectivity index (χ0n) is 17.0. The van der Waals surface area contributed by atoms with Crippen molar-refractivity contribution in [3.8, 4) is 17.2 Å². The van der Waals surface area contributed by atoms with Crippen LogP contribution in [0.2, 0.25) is 0 Å². The Morgan fingerprint density at radius 3 is 2.39 bits per heavy atom. The maximum atomic E-state index is 10.5. The number of aliphatic hydroxyl groups excluding tert-OH is 1. The maximum absolute atomic E-state index is 10.5. The van der Waals surface area contributed by atoms with Gasteiger partial charge >= 0.3 is 0 Å². The first-order chi connectivity index (χ1) is 13.7. The summed E-state index contributed by atoms with van der Waals surface area (Å²) in [6.45, 7) is 2.93. The minimum absolute atomic E-state index is 0.247. The third-order valence-electron chi connectivity index (χ3n) is 4.33. The number of nitrogens with zero attached hydrogens (tertiary/aromatic N) is 1. The Hall–Kier alpha value is -2.28. The fourth-order valence-corrected chi connectivity index (χ4v) is 2.96. The van der Waals surface area contributed by atoms with Crippen LogP contribution in [0.15, 0.2) is 48.5 Å². The second-order valence-corrected chi connectivity index (χ2v) is 6.55. The van der Waals surface area contributed by atoms with Crippen LogP contribution in [0.4, 0.5) is 0 Å². The SMILES string of the molecule is COCCCN(Cc1ccc(OC)c(OC)c1)C[C@@H](O)COc1ccccc1. The van der Waals surface area contributed by atoms with Gasteiger partial charge < -0.3 is 24.1 Å². The molecule has 0 bridgehead atoms. The largest absolute Gasteiger partial charge is 0.493 e. The van der Waals surface area contributed by atoms with Gasteiger partial charge in [0, 0.05) is 33.4 Å². The highest BCUT2D eigenvalue weighted by Crippen LogP contribution is 2.28. The number of methoxy groups -OCH3 is 3. The highest BCUT2D eigenvalue weighted by molar-refractivity contribution is 5.42. The number of hydrogen-bond acceptors (Lipinski definition) is 6. The van der Waals surface area contributed by atoms with Gasteiger partial charge in [-0.15, -0.1) is 0 Å². The van der Waals surface area contributed by atoms with Crippen molar-refractivity contribution in [2.75, 3.05) is 47.6 Å². The number of benzene rings is 2. The first kappa shape index (κ1) is 22.0. The fraction of sp³-hybridized carbons (Fsp3) is 0.455. The molecule has 28 heavy (non-hydrogen) atoms. The second kappa shape index (κ2) is 12.2. The Morgan fingerprint density at radius 1 is 0.964 bits per heavy atom. The van der Waals surface area contributed by atoms with E-state index in [2.05, 4.69) is 4.90 Å². The van der Waals surface area contributed by atoms with E-state index in [0.717, 1.165) is 24.3 Å². The zero-order chi connectivity index (χ0) is 20.2. The van der Waals surface area contributed by atoms with Crippen LogP contribution in [-0.4, -0.2) is 63.7 Å². The highest BCUT2D eigenvalue weighted by atomic mass is 16.5. The standard InChI is InChI=1S/C22H31NO5/c1-25-13-7-12-23(15-18-10-11-21(26-2)22(14-18)27-3)16-19(24)17-28-20-8-5-4-6-9-20/h4-6,8-11,14,19,24H,7,12-13,15-17H2,1-3H3/t19-/m1/s1. The topological polar surface area (TPSA) is 60.4 Å². The van der Waals surface area contributed by atoms with E-state index in [4.69, 9.17) is 18.9 Å². The summed E-state index contributed by atoms with van der Waals surface area (Å²) >= 11 is 0. The lowest BCUT2D eigenvalue weighted by molar-refractivity contribution is 0.0617. The molecule has 6 nitrogen and oxygen atoms in total. The van der Waals surface area contributed by atoms with Gasteiger partial charge in [0.25, 0.3) is 0 Å². The molecule has 0 amide bonds. The zero-order valence-corrected chi connectivity index (χ0v) is 17.0. The Kier molecular flexibility index (Phi) is 9.62. The van der Waals surface area contributed by atoms with Crippen LogP contribution < -0.4 is 14.2 Å². The molecule has 0 heterocycles. The van der Waals surface area contributed by atoms with Gasteiger partial charge in [0.2, 0.25) is 0 Å². The molecule has 0 saturated heterocycles. The molecule has 1 N–H and O–H groups in total. The Bertz CT molecular complexity index is 680. The van der Waals surface area contributed by atoms with E-state index in [1.807, 2.05) is 48.5 Å². The van der Waals surface area contributed by atoms with Crippen molar-refractivity contribution in [1.29, 1.82) is 0 Å².